The second kappa shape index (κ2) is 8.13. The Morgan fingerprint density at radius 2 is 1.55 bits per heavy atom. The lowest BCUT2D eigenvalue weighted by molar-refractivity contribution is -0.213. The molecule has 1 heterocycles. The van der Waals surface area contributed by atoms with Gasteiger partial charge in [-0.1, -0.05) is 36.4 Å². The number of amides is 1. The number of aromatic amines is 1. The molecule has 0 spiro atoms. The van der Waals surface area contributed by atoms with Gasteiger partial charge < -0.3 is 10.1 Å². The predicted molar refractivity (Wildman–Crippen MR) is 105 cm³/mol. The number of rotatable bonds is 5. The highest BCUT2D eigenvalue weighted by Crippen LogP contribution is 2.40. The van der Waals surface area contributed by atoms with Crippen molar-refractivity contribution in [3.05, 3.63) is 87.8 Å². The van der Waals surface area contributed by atoms with E-state index in [4.69, 9.17) is 0 Å². The molecule has 162 valence electrons. The van der Waals surface area contributed by atoms with E-state index in [0.29, 0.717) is 0 Å². The molecule has 0 saturated heterocycles. The number of esters is 1. The molecule has 0 saturated carbocycles. The molecule has 0 unspecified atom stereocenters. The second-order valence-electron chi connectivity index (χ2n) is 6.65. The molecule has 3 rings (SSSR count). The van der Waals surface area contributed by atoms with Gasteiger partial charge in [-0.05, 0) is 31.2 Å². The number of alkyl halides is 3. The molecule has 31 heavy (non-hydrogen) atoms. The second-order valence-corrected chi connectivity index (χ2v) is 6.65. The third-order valence-electron chi connectivity index (χ3n) is 4.71. The van der Waals surface area contributed by atoms with Crippen molar-refractivity contribution in [2.45, 2.75) is 18.6 Å². The van der Waals surface area contributed by atoms with Crippen LogP contribution in [-0.2, 0) is 15.1 Å². The molecular formula is C21H18F3N3O4. The molecule has 0 aliphatic carbocycles. The number of nitrogens with zero attached hydrogens (tertiary/aromatic N) is 1. The van der Waals surface area contributed by atoms with Crippen molar-refractivity contribution >= 4 is 11.9 Å². The fourth-order valence-electron chi connectivity index (χ4n) is 3.28. The minimum atomic E-state index is -5.40. The summed E-state index contributed by atoms with van der Waals surface area (Å²) in [6.07, 6.45) is -5.40. The van der Waals surface area contributed by atoms with Crippen LogP contribution in [0.1, 0.15) is 21.6 Å². The molecule has 2 N–H and O–H groups in total. The maximum absolute atomic E-state index is 14.5. The van der Waals surface area contributed by atoms with Crippen LogP contribution in [0.5, 0.6) is 0 Å². The van der Waals surface area contributed by atoms with Crippen LogP contribution < -0.4 is 10.9 Å². The van der Waals surface area contributed by atoms with E-state index in [-0.39, 0.29) is 16.9 Å². The van der Waals surface area contributed by atoms with Gasteiger partial charge in [-0.3, -0.25) is 14.7 Å². The Balaban J connectivity index is 2.27. The van der Waals surface area contributed by atoms with Crippen molar-refractivity contribution in [1.29, 1.82) is 0 Å². The molecule has 0 radical (unpaired) electrons. The van der Waals surface area contributed by atoms with E-state index < -0.39 is 34.7 Å². The number of carbonyl (C=O) groups is 2. The van der Waals surface area contributed by atoms with Gasteiger partial charge in [0.15, 0.2) is 0 Å². The third-order valence-corrected chi connectivity index (χ3v) is 4.71. The minimum Gasteiger partial charge on any atom is -0.467 e. The maximum atomic E-state index is 14.5. The summed E-state index contributed by atoms with van der Waals surface area (Å²) in [6, 6.07) is 14.9. The average Bonchev–Trinajstić information content (AvgIpc) is 3.06. The van der Waals surface area contributed by atoms with Crippen molar-refractivity contribution < 1.29 is 27.5 Å². The number of nitrogens with one attached hydrogen (secondary N) is 2. The molecule has 7 nitrogen and oxygen atoms in total. The summed E-state index contributed by atoms with van der Waals surface area (Å²) < 4.78 is 48.7. The summed E-state index contributed by atoms with van der Waals surface area (Å²) >= 11 is 0. The topological polar surface area (TPSA) is 93.2 Å². The normalized spacial score (nSPS) is 13.3. The third kappa shape index (κ3) is 3.72. The Kier molecular flexibility index (Phi) is 5.74. The minimum absolute atomic E-state index is 0.128. The highest BCUT2D eigenvalue weighted by atomic mass is 19.4. The molecular weight excluding hydrogens is 415 g/mol. The van der Waals surface area contributed by atoms with Gasteiger partial charge in [0, 0.05) is 11.3 Å². The number of benzene rings is 2. The summed E-state index contributed by atoms with van der Waals surface area (Å²) in [5, 5.41) is 4.27. The van der Waals surface area contributed by atoms with Crippen molar-refractivity contribution in [3.8, 4) is 5.69 Å². The maximum Gasteiger partial charge on any atom is 0.427 e. The summed E-state index contributed by atoms with van der Waals surface area (Å²) in [5.74, 6) is -3.04. The Bertz CT molecular complexity index is 1150. The number of methoxy groups -OCH3 is 1. The monoisotopic (exact) mass is 433 g/mol. The Morgan fingerprint density at radius 1 is 1.00 bits per heavy atom. The molecule has 0 bridgehead atoms. The summed E-state index contributed by atoms with van der Waals surface area (Å²) in [6.45, 7) is 1.20. The number of aryl methyl sites for hydroxylation is 1. The van der Waals surface area contributed by atoms with Gasteiger partial charge in [0.05, 0.1) is 18.4 Å². The first-order chi connectivity index (χ1) is 14.6. The van der Waals surface area contributed by atoms with Crippen LogP contribution in [0.2, 0.25) is 0 Å². The van der Waals surface area contributed by atoms with Gasteiger partial charge in [-0.25, -0.2) is 9.48 Å². The number of halogens is 3. The van der Waals surface area contributed by atoms with E-state index in [1.807, 2.05) is 0 Å². The number of para-hydroxylation sites is 1. The summed E-state index contributed by atoms with van der Waals surface area (Å²) in [5.41, 5.74) is -6.01. The highest BCUT2D eigenvalue weighted by molar-refractivity contribution is 5.99. The van der Waals surface area contributed by atoms with E-state index in [1.54, 1.807) is 29.6 Å². The standard InChI is InChI=1S/C21H18F3N3O4/c1-13-16(18(29)27(26-13)15-11-7-4-8-12-15)20(19(30)31-2,21(22,23)24)25-17(28)14-9-5-3-6-10-14/h3-12,26H,1-2H3,(H,25,28)/t20-/m1/s1. The van der Waals surface area contributed by atoms with E-state index in [0.717, 1.165) is 11.8 Å². The summed E-state index contributed by atoms with van der Waals surface area (Å²) in [4.78, 5) is 38.3. The average molecular weight is 433 g/mol. The van der Waals surface area contributed by atoms with E-state index in [1.165, 1.54) is 43.3 Å². The molecule has 1 aromatic heterocycles. The predicted octanol–water partition coefficient (Wildman–Crippen LogP) is 2.83. The Morgan fingerprint density at radius 3 is 2.06 bits per heavy atom. The number of hydrogen-bond donors (Lipinski definition) is 2. The fourth-order valence-corrected chi connectivity index (χ4v) is 3.28. The molecule has 0 aliphatic rings. The summed E-state index contributed by atoms with van der Waals surface area (Å²) in [7, 11) is 0.745. The highest BCUT2D eigenvalue weighted by Gasteiger charge is 2.66. The van der Waals surface area contributed by atoms with Crippen molar-refractivity contribution in [3.63, 3.8) is 0 Å². The van der Waals surface area contributed by atoms with Gasteiger partial charge in [0.25, 0.3) is 17.0 Å². The van der Waals surface area contributed by atoms with E-state index in [9.17, 15) is 27.6 Å². The molecule has 3 aromatic rings. The van der Waals surface area contributed by atoms with Crippen LogP contribution in [0.4, 0.5) is 13.2 Å². The largest absolute Gasteiger partial charge is 0.467 e. The number of carbonyl (C=O) groups excluding carboxylic acids is 2. The van der Waals surface area contributed by atoms with E-state index in [2.05, 4.69) is 9.84 Å². The first kappa shape index (κ1) is 21.9. The van der Waals surface area contributed by atoms with Crippen LogP contribution in [0.3, 0.4) is 0 Å². The van der Waals surface area contributed by atoms with Crippen LogP contribution in [-0.4, -0.2) is 34.9 Å². The van der Waals surface area contributed by atoms with E-state index >= 15 is 0 Å². The first-order valence-corrected chi connectivity index (χ1v) is 9.03. The van der Waals surface area contributed by atoms with Gasteiger partial charge in [0.1, 0.15) is 0 Å². The molecule has 0 aliphatic heterocycles. The molecule has 1 amide bonds. The number of aromatic nitrogens is 2. The Hall–Kier alpha value is -3.82. The number of ether oxygens (including phenoxy) is 1. The quantitative estimate of drug-likeness (QED) is 0.606. The molecule has 10 heteroatoms. The van der Waals surface area contributed by atoms with Crippen LogP contribution in [0.25, 0.3) is 5.69 Å². The van der Waals surface area contributed by atoms with Crippen molar-refractivity contribution in [2.24, 2.45) is 0 Å². The van der Waals surface area contributed by atoms with Gasteiger partial charge in [-0.15, -0.1) is 0 Å². The fraction of sp³-hybridized carbons (Fsp3) is 0.190. The molecule has 0 fully saturated rings. The molecule has 1 atom stereocenters. The number of hydrogen-bond acceptors (Lipinski definition) is 4. The first-order valence-electron chi connectivity index (χ1n) is 9.03. The smallest absolute Gasteiger partial charge is 0.427 e. The zero-order chi connectivity index (χ0) is 22.8. The zero-order valence-electron chi connectivity index (χ0n) is 16.5. The van der Waals surface area contributed by atoms with Gasteiger partial charge >= 0.3 is 12.1 Å². The van der Waals surface area contributed by atoms with Crippen LogP contribution in [0, 0.1) is 6.92 Å². The SMILES string of the molecule is COC(=O)[C@](NC(=O)c1ccccc1)(c1c(C)[nH]n(-c2ccccc2)c1=O)C(F)(F)F. The lowest BCUT2D eigenvalue weighted by Crippen LogP contribution is -2.63. The van der Waals surface area contributed by atoms with Crippen molar-refractivity contribution in [2.75, 3.05) is 7.11 Å². The van der Waals surface area contributed by atoms with Gasteiger partial charge in [-0.2, -0.15) is 13.2 Å². The van der Waals surface area contributed by atoms with Gasteiger partial charge in [0.2, 0.25) is 0 Å². The lowest BCUT2D eigenvalue weighted by atomic mass is 9.88. The zero-order valence-corrected chi connectivity index (χ0v) is 16.5. The molecule has 2 aromatic carbocycles. The number of H-pyrrole nitrogens is 1. The van der Waals surface area contributed by atoms with Crippen LogP contribution >= 0.6 is 0 Å². The Labute approximate surface area is 174 Å². The van der Waals surface area contributed by atoms with Crippen LogP contribution in [0.15, 0.2) is 65.5 Å². The van der Waals surface area contributed by atoms with Crippen molar-refractivity contribution in [1.82, 2.24) is 15.1 Å². The lowest BCUT2D eigenvalue weighted by Gasteiger charge is -2.33.